The molecule has 0 atom stereocenters. The summed E-state index contributed by atoms with van der Waals surface area (Å²) in [6.45, 7) is 2.31. The molecule has 0 saturated heterocycles. The molecule has 0 radical (unpaired) electrons. The number of carboxylic acids is 1. The molecule has 1 heterocycles. The van der Waals surface area contributed by atoms with Crippen molar-refractivity contribution in [1.82, 2.24) is 14.9 Å². The van der Waals surface area contributed by atoms with Gasteiger partial charge in [-0.05, 0) is 20.5 Å². The van der Waals surface area contributed by atoms with Crippen LogP contribution in [0.2, 0.25) is 0 Å². The van der Waals surface area contributed by atoms with Crippen molar-refractivity contribution in [3.8, 4) is 0 Å². The second kappa shape index (κ2) is 8.25. The van der Waals surface area contributed by atoms with Gasteiger partial charge in [0, 0.05) is 32.1 Å². The van der Waals surface area contributed by atoms with Crippen molar-refractivity contribution in [3.63, 3.8) is 0 Å². The number of hydrogen-bond acceptors (Lipinski definition) is 6. The highest BCUT2D eigenvalue weighted by molar-refractivity contribution is 5.66. The largest absolute Gasteiger partial charge is 0.481 e. The van der Waals surface area contributed by atoms with Gasteiger partial charge in [0.2, 0.25) is 0 Å². The average Bonchev–Trinajstić information content (AvgIpc) is 2.34. The van der Waals surface area contributed by atoms with E-state index in [1.165, 1.54) is 6.33 Å². The van der Waals surface area contributed by atoms with Gasteiger partial charge in [-0.15, -0.1) is 0 Å². The van der Waals surface area contributed by atoms with Gasteiger partial charge in [0.25, 0.3) is 0 Å². The summed E-state index contributed by atoms with van der Waals surface area (Å²) in [6, 6.07) is 1.82. The van der Waals surface area contributed by atoms with Crippen LogP contribution in [0.1, 0.15) is 12.8 Å². The smallest absolute Gasteiger partial charge is 0.303 e. The van der Waals surface area contributed by atoms with Gasteiger partial charge in [0.1, 0.15) is 18.0 Å². The van der Waals surface area contributed by atoms with E-state index < -0.39 is 5.97 Å². The fourth-order valence-corrected chi connectivity index (χ4v) is 1.41. The molecule has 0 aliphatic rings. The Balaban J connectivity index is 2.32. The Hall–Kier alpha value is -1.89. The van der Waals surface area contributed by atoms with E-state index in [2.05, 4.69) is 25.5 Å². The fourth-order valence-electron chi connectivity index (χ4n) is 1.41. The van der Waals surface area contributed by atoms with Crippen LogP contribution < -0.4 is 10.6 Å². The molecular weight excluding hydrogens is 246 g/mol. The maximum atomic E-state index is 10.4. The zero-order valence-corrected chi connectivity index (χ0v) is 11.4. The number of carbonyl (C=O) groups is 1. The molecule has 1 aromatic rings. The molecule has 0 amide bonds. The second-order valence-electron chi connectivity index (χ2n) is 4.44. The molecule has 0 aliphatic heterocycles. The minimum atomic E-state index is -0.782. The molecule has 0 aliphatic carbocycles. The van der Waals surface area contributed by atoms with Crippen molar-refractivity contribution < 1.29 is 9.90 Å². The molecule has 3 N–H and O–H groups in total. The summed E-state index contributed by atoms with van der Waals surface area (Å²) in [5.74, 6) is 0.681. The topological polar surface area (TPSA) is 90.4 Å². The second-order valence-corrected chi connectivity index (χ2v) is 4.44. The zero-order valence-electron chi connectivity index (χ0n) is 11.4. The van der Waals surface area contributed by atoms with E-state index in [0.29, 0.717) is 18.8 Å². The number of nitrogens with zero attached hydrogens (tertiary/aromatic N) is 3. The first-order chi connectivity index (χ1) is 9.08. The first-order valence-corrected chi connectivity index (χ1v) is 6.24. The average molecular weight is 267 g/mol. The summed E-state index contributed by atoms with van der Waals surface area (Å²) in [7, 11) is 4.02. The van der Waals surface area contributed by atoms with Crippen LogP contribution in [0.4, 0.5) is 11.6 Å². The summed E-state index contributed by atoms with van der Waals surface area (Å²) in [6.07, 6.45) is 2.21. The van der Waals surface area contributed by atoms with Crippen molar-refractivity contribution >= 4 is 17.6 Å². The van der Waals surface area contributed by atoms with E-state index in [1.807, 2.05) is 20.2 Å². The maximum absolute atomic E-state index is 10.4. The predicted octanol–water partition coefficient (Wildman–Crippen LogP) is 0.727. The standard InChI is InChI=1S/C12H21N5O2/c1-17(2)7-6-14-11-8-10(15-9-16-11)13-5-3-4-12(18)19/h8-9H,3-7H2,1-2H3,(H,18,19)(H2,13,14,15,16). The summed E-state index contributed by atoms with van der Waals surface area (Å²) in [5, 5.41) is 14.8. The highest BCUT2D eigenvalue weighted by Crippen LogP contribution is 2.08. The van der Waals surface area contributed by atoms with Gasteiger partial charge in [0.05, 0.1) is 0 Å². The van der Waals surface area contributed by atoms with Gasteiger partial charge in [-0.2, -0.15) is 0 Å². The first-order valence-electron chi connectivity index (χ1n) is 6.24. The van der Waals surface area contributed by atoms with Crippen LogP contribution in [0.15, 0.2) is 12.4 Å². The van der Waals surface area contributed by atoms with E-state index in [9.17, 15) is 4.79 Å². The number of aromatic nitrogens is 2. The third-order valence-electron chi connectivity index (χ3n) is 2.41. The number of aliphatic carboxylic acids is 1. The number of hydrogen-bond donors (Lipinski definition) is 3. The van der Waals surface area contributed by atoms with E-state index in [-0.39, 0.29) is 6.42 Å². The lowest BCUT2D eigenvalue weighted by Crippen LogP contribution is -2.21. The van der Waals surface area contributed by atoms with Gasteiger partial charge >= 0.3 is 5.97 Å². The number of anilines is 2. The van der Waals surface area contributed by atoms with Crippen molar-refractivity contribution in [3.05, 3.63) is 12.4 Å². The fraction of sp³-hybridized carbons (Fsp3) is 0.583. The molecule has 0 saturated carbocycles. The van der Waals surface area contributed by atoms with Gasteiger partial charge < -0.3 is 20.6 Å². The Morgan fingerprint density at radius 2 is 1.89 bits per heavy atom. The molecule has 1 rings (SSSR count). The minimum absolute atomic E-state index is 0.159. The van der Waals surface area contributed by atoms with Crippen LogP contribution in [0, 0.1) is 0 Å². The molecule has 0 aromatic carbocycles. The number of carboxylic acid groups (broad SMARTS) is 1. The van der Waals surface area contributed by atoms with Gasteiger partial charge in [-0.25, -0.2) is 9.97 Å². The summed E-state index contributed by atoms with van der Waals surface area (Å²) in [5.41, 5.74) is 0. The Labute approximate surface area is 113 Å². The summed E-state index contributed by atoms with van der Waals surface area (Å²) >= 11 is 0. The van der Waals surface area contributed by atoms with E-state index >= 15 is 0 Å². The Kier molecular flexibility index (Phi) is 6.59. The maximum Gasteiger partial charge on any atom is 0.303 e. The molecule has 1 aromatic heterocycles. The lowest BCUT2D eigenvalue weighted by molar-refractivity contribution is -0.137. The summed E-state index contributed by atoms with van der Waals surface area (Å²) < 4.78 is 0. The molecule has 7 nitrogen and oxygen atoms in total. The predicted molar refractivity (Wildman–Crippen MR) is 74.4 cm³/mol. The van der Waals surface area contributed by atoms with Crippen molar-refractivity contribution in [1.29, 1.82) is 0 Å². The van der Waals surface area contributed by atoms with Crippen molar-refractivity contribution in [2.45, 2.75) is 12.8 Å². The van der Waals surface area contributed by atoms with Crippen molar-refractivity contribution in [2.24, 2.45) is 0 Å². The quantitative estimate of drug-likeness (QED) is 0.568. The highest BCUT2D eigenvalue weighted by atomic mass is 16.4. The Bertz CT molecular complexity index is 397. The lowest BCUT2D eigenvalue weighted by Gasteiger charge is -2.11. The number of likely N-dealkylation sites (N-methyl/N-ethyl adjacent to an activating group) is 1. The van der Waals surface area contributed by atoms with Crippen molar-refractivity contribution in [2.75, 3.05) is 44.4 Å². The Morgan fingerprint density at radius 1 is 1.26 bits per heavy atom. The Morgan fingerprint density at radius 3 is 2.47 bits per heavy atom. The van der Waals surface area contributed by atoms with E-state index in [4.69, 9.17) is 5.11 Å². The van der Waals surface area contributed by atoms with Gasteiger partial charge in [-0.3, -0.25) is 4.79 Å². The lowest BCUT2D eigenvalue weighted by atomic mass is 10.3. The van der Waals surface area contributed by atoms with Crippen LogP contribution in [0.5, 0.6) is 0 Å². The third-order valence-corrected chi connectivity index (χ3v) is 2.41. The normalized spacial score (nSPS) is 10.5. The molecular formula is C12H21N5O2. The third kappa shape index (κ3) is 7.20. The first kappa shape index (κ1) is 15.2. The molecule has 19 heavy (non-hydrogen) atoms. The monoisotopic (exact) mass is 267 g/mol. The molecule has 0 fully saturated rings. The highest BCUT2D eigenvalue weighted by Gasteiger charge is 2.00. The summed E-state index contributed by atoms with van der Waals surface area (Å²) in [4.78, 5) is 20.7. The molecule has 0 unspecified atom stereocenters. The number of nitrogens with one attached hydrogen (secondary N) is 2. The molecule has 106 valence electrons. The minimum Gasteiger partial charge on any atom is -0.481 e. The molecule has 0 spiro atoms. The molecule has 7 heteroatoms. The zero-order chi connectivity index (χ0) is 14.1. The van der Waals surface area contributed by atoms with Gasteiger partial charge in [-0.1, -0.05) is 0 Å². The van der Waals surface area contributed by atoms with Crippen LogP contribution in [-0.2, 0) is 4.79 Å². The van der Waals surface area contributed by atoms with Crippen LogP contribution >= 0.6 is 0 Å². The van der Waals surface area contributed by atoms with Crippen LogP contribution in [0.25, 0.3) is 0 Å². The van der Waals surface area contributed by atoms with Gasteiger partial charge in [0.15, 0.2) is 0 Å². The van der Waals surface area contributed by atoms with E-state index in [0.717, 1.165) is 18.9 Å². The van der Waals surface area contributed by atoms with Crippen LogP contribution in [-0.4, -0.2) is 59.7 Å². The molecule has 0 bridgehead atoms. The van der Waals surface area contributed by atoms with Crippen LogP contribution in [0.3, 0.4) is 0 Å². The SMILES string of the molecule is CN(C)CCNc1cc(NCCCC(=O)O)ncn1. The number of rotatable bonds is 9. The van der Waals surface area contributed by atoms with E-state index in [1.54, 1.807) is 0 Å².